The molecule has 0 unspecified atom stereocenters. The van der Waals surface area contributed by atoms with E-state index in [0.717, 1.165) is 36.0 Å². The van der Waals surface area contributed by atoms with Crippen LogP contribution in [0.5, 0.6) is 5.75 Å². The van der Waals surface area contributed by atoms with Crippen molar-refractivity contribution in [1.29, 1.82) is 0 Å². The number of ether oxygens (including phenoxy) is 2. The van der Waals surface area contributed by atoms with E-state index in [9.17, 15) is 19.2 Å². The molecule has 1 heterocycles. The predicted molar refractivity (Wildman–Crippen MR) is 184 cm³/mol. The molecule has 1 aliphatic carbocycles. The SMILES string of the molecule is C[C@@H](C(=O)N[C@H](C(=O)N1Cc2cc(OCCN)ccc2C[C@H]1C(=O)N[C@@H]1CCCc2ccccc21)C(C)(C)C)N(C)C(=O)OC(C)(C)C. The van der Waals surface area contributed by atoms with Crippen LogP contribution in [0, 0.1) is 5.41 Å². The second-order valence-corrected chi connectivity index (χ2v) is 15.0. The number of nitrogens with one attached hydrogen (secondary N) is 2. The van der Waals surface area contributed by atoms with E-state index in [0.29, 0.717) is 25.3 Å². The van der Waals surface area contributed by atoms with Crippen LogP contribution in [-0.4, -0.2) is 77.5 Å². The summed E-state index contributed by atoms with van der Waals surface area (Å²) in [5.74, 6) is -0.499. The number of benzene rings is 2. The summed E-state index contributed by atoms with van der Waals surface area (Å²) in [6, 6.07) is 11.0. The Labute approximate surface area is 284 Å². The van der Waals surface area contributed by atoms with E-state index in [4.69, 9.17) is 15.2 Å². The average Bonchev–Trinajstić information content (AvgIpc) is 3.03. The Hall–Kier alpha value is -4.12. The highest BCUT2D eigenvalue weighted by Crippen LogP contribution is 2.33. The number of amides is 4. The lowest BCUT2D eigenvalue weighted by molar-refractivity contribution is -0.147. The largest absolute Gasteiger partial charge is 0.492 e. The topological polar surface area (TPSA) is 143 Å². The second kappa shape index (κ2) is 15.0. The monoisotopic (exact) mass is 663 g/mol. The van der Waals surface area contributed by atoms with Gasteiger partial charge < -0.3 is 30.7 Å². The lowest BCUT2D eigenvalue weighted by Crippen LogP contribution is -2.62. The van der Waals surface area contributed by atoms with Gasteiger partial charge in [0.2, 0.25) is 17.7 Å². The molecular weight excluding hydrogens is 610 g/mol. The summed E-state index contributed by atoms with van der Waals surface area (Å²) in [7, 11) is 1.49. The molecule has 48 heavy (non-hydrogen) atoms. The third-order valence-corrected chi connectivity index (χ3v) is 9.01. The van der Waals surface area contributed by atoms with E-state index < -0.39 is 41.1 Å². The molecule has 4 N–H and O–H groups in total. The highest BCUT2D eigenvalue weighted by molar-refractivity contribution is 5.94. The number of hydrogen-bond acceptors (Lipinski definition) is 7. The van der Waals surface area contributed by atoms with Crippen molar-refractivity contribution in [3.05, 3.63) is 64.7 Å². The van der Waals surface area contributed by atoms with Gasteiger partial charge in [0.25, 0.3) is 0 Å². The molecule has 262 valence electrons. The third-order valence-electron chi connectivity index (χ3n) is 9.01. The van der Waals surface area contributed by atoms with Crippen LogP contribution < -0.4 is 21.1 Å². The maximum Gasteiger partial charge on any atom is 0.410 e. The molecule has 0 aromatic heterocycles. The van der Waals surface area contributed by atoms with Crippen LogP contribution in [0.15, 0.2) is 42.5 Å². The summed E-state index contributed by atoms with van der Waals surface area (Å²) in [5.41, 5.74) is 8.33. The van der Waals surface area contributed by atoms with Gasteiger partial charge >= 0.3 is 6.09 Å². The van der Waals surface area contributed by atoms with Gasteiger partial charge in [-0.25, -0.2) is 4.79 Å². The van der Waals surface area contributed by atoms with Crippen LogP contribution >= 0.6 is 0 Å². The minimum absolute atomic E-state index is 0.156. The van der Waals surface area contributed by atoms with Crippen LogP contribution in [0.4, 0.5) is 4.79 Å². The fourth-order valence-corrected chi connectivity index (χ4v) is 6.21. The maximum absolute atomic E-state index is 14.6. The smallest absolute Gasteiger partial charge is 0.410 e. The summed E-state index contributed by atoms with van der Waals surface area (Å²) in [6.07, 6.45) is 2.39. The average molecular weight is 664 g/mol. The number of likely N-dealkylation sites (N-methyl/N-ethyl adjacent to an activating group) is 1. The normalized spacial score (nSPS) is 18.8. The Balaban J connectivity index is 1.63. The number of rotatable bonds is 9. The molecule has 1 aliphatic heterocycles. The summed E-state index contributed by atoms with van der Waals surface area (Å²) >= 11 is 0. The zero-order valence-corrected chi connectivity index (χ0v) is 29.7. The van der Waals surface area contributed by atoms with Crippen LogP contribution in [0.2, 0.25) is 0 Å². The maximum atomic E-state index is 14.6. The van der Waals surface area contributed by atoms with Crippen molar-refractivity contribution in [3.63, 3.8) is 0 Å². The number of nitrogens with two attached hydrogens (primary N) is 1. The molecule has 0 radical (unpaired) electrons. The van der Waals surface area contributed by atoms with E-state index >= 15 is 0 Å². The highest BCUT2D eigenvalue weighted by Gasteiger charge is 2.43. The van der Waals surface area contributed by atoms with Gasteiger partial charge in [0.05, 0.1) is 6.04 Å². The predicted octanol–water partition coefficient (Wildman–Crippen LogP) is 4.26. The van der Waals surface area contributed by atoms with Gasteiger partial charge in [-0.15, -0.1) is 0 Å². The lowest BCUT2D eigenvalue weighted by Gasteiger charge is -2.42. The summed E-state index contributed by atoms with van der Waals surface area (Å²) < 4.78 is 11.2. The van der Waals surface area contributed by atoms with Crippen LogP contribution in [-0.2, 0) is 38.5 Å². The van der Waals surface area contributed by atoms with Crippen molar-refractivity contribution < 1.29 is 28.7 Å². The molecule has 2 aromatic carbocycles. The number of fused-ring (bicyclic) bond motifs is 2. The third kappa shape index (κ3) is 8.86. The van der Waals surface area contributed by atoms with E-state index in [-0.39, 0.29) is 24.4 Å². The molecule has 4 amide bonds. The summed E-state index contributed by atoms with van der Waals surface area (Å²) in [6.45, 7) is 13.3. The van der Waals surface area contributed by atoms with Gasteiger partial charge in [-0.1, -0.05) is 51.1 Å². The number of carbonyl (C=O) groups is 4. The minimum Gasteiger partial charge on any atom is -0.492 e. The van der Waals surface area contributed by atoms with Crippen LogP contribution in [0.3, 0.4) is 0 Å². The van der Waals surface area contributed by atoms with Gasteiger partial charge in [0, 0.05) is 26.6 Å². The molecule has 0 bridgehead atoms. The molecule has 2 aliphatic rings. The van der Waals surface area contributed by atoms with Gasteiger partial charge in [-0.2, -0.15) is 0 Å². The first-order chi connectivity index (χ1) is 22.5. The molecule has 11 nitrogen and oxygen atoms in total. The molecule has 0 fully saturated rings. The fraction of sp³-hybridized carbons (Fsp3) is 0.568. The molecule has 11 heteroatoms. The Morgan fingerprint density at radius 1 is 1.02 bits per heavy atom. The van der Waals surface area contributed by atoms with E-state index in [2.05, 4.69) is 22.8 Å². The van der Waals surface area contributed by atoms with Crippen LogP contribution in [0.25, 0.3) is 0 Å². The van der Waals surface area contributed by atoms with E-state index in [1.807, 2.05) is 51.1 Å². The van der Waals surface area contributed by atoms with Crippen molar-refractivity contribution in [3.8, 4) is 5.75 Å². The fourth-order valence-electron chi connectivity index (χ4n) is 6.21. The molecule has 0 spiro atoms. The Morgan fingerprint density at radius 3 is 2.40 bits per heavy atom. The molecule has 0 saturated carbocycles. The van der Waals surface area contributed by atoms with Crippen molar-refractivity contribution >= 4 is 23.8 Å². The minimum atomic E-state index is -0.997. The van der Waals surface area contributed by atoms with E-state index in [1.54, 1.807) is 32.6 Å². The summed E-state index contributed by atoms with van der Waals surface area (Å²) in [5, 5.41) is 6.19. The number of hydrogen-bond donors (Lipinski definition) is 3. The Bertz CT molecular complexity index is 1500. The van der Waals surface area contributed by atoms with Gasteiger partial charge in [0.1, 0.15) is 36.1 Å². The molecule has 4 rings (SSSR count). The van der Waals surface area contributed by atoms with Gasteiger partial charge in [0.15, 0.2) is 0 Å². The Kier molecular flexibility index (Phi) is 11.4. The van der Waals surface area contributed by atoms with Crippen molar-refractivity contribution in [2.24, 2.45) is 11.1 Å². The first-order valence-corrected chi connectivity index (χ1v) is 16.9. The van der Waals surface area contributed by atoms with E-state index in [1.165, 1.54) is 17.5 Å². The van der Waals surface area contributed by atoms with Crippen molar-refractivity contribution in [2.45, 2.75) is 110 Å². The van der Waals surface area contributed by atoms with Crippen LogP contribution in [0.1, 0.15) is 89.6 Å². The second-order valence-electron chi connectivity index (χ2n) is 15.0. The zero-order chi connectivity index (χ0) is 35.4. The van der Waals surface area contributed by atoms with Crippen molar-refractivity contribution in [1.82, 2.24) is 20.4 Å². The Morgan fingerprint density at radius 2 is 1.73 bits per heavy atom. The first kappa shape index (κ1) is 36.7. The first-order valence-electron chi connectivity index (χ1n) is 16.9. The van der Waals surface area contributed by atoms with Gasteiger partial charge in [-0.05, 0) is 86.8 Å². The molecule has 4 atom stereocenters. The molecule has 0 saturated heterocycles. The number of carbonyl (C=O) groups excluding carboxylic acids is 4. The number of aryl methyl sites for hydroxylation is 1. The lowest BCUT2D eigenvalue weighted by atomic mass is 9.83. The highest BCUT2D eigenvalue weighted by atomic mass is 16.6. The standard InChI is InChI=1S/C37H53N5O6/c1-23(41(8)35(46)48-37(5,6)7)32(43)40-31(36(2,3)4)34(45)42-22-26-20-27(47-19-18-38)17-16-25(26)21-30(42)33(44)39-29-15-11-13-24-12-9-10-14-28(24)29/h9-10,12,14,16-17,20,23,29-31H,11,13,15,18-19,21-22,38H2,1-8H3,(H,39,44)(H,40,43)/t23-,29+,30-,31+/m0/s1. The molecule has 2 aromatic rings. The summed E-state index contributed by atoms with van der Waals surface area (Å²) in [4.78, 5) is 58.0. The number of nitrogens with zero attached hydrogens (tertiary/aromatic N) is 2. The van der Waals surface area contributed by atoms with Gasteiger partial charge in [-0.3, -0.25) is 19.3 Å². The zero-order valence-electron chi connectivity index (χ0n) is 29.7. The quantitative estimate of drug-likeness (QED) is 0.364. The molecular formula is C37H53N5O6. The van der Waals surface area contributed by atoms with Crippen molar-refractivity contribution in [2.75, 3.05) is 20.2 Å².